The molecule has 0 spiro atoms. The predicted molar refractivity (Wildman–Crippen MR) is 83.3 cm³/mol. The van der Waals surface area contributed by atoms with Crippen molar-refractivity contribution in [3.05, 3.63) is 12.2 Å². The van der Waals surface area contributed by atoms with Crippen LogP contribution in [0.4, 0.5) is 0 Å². The molecule has 0 unspecified atom stereocenters. The van der Waals surface area contributed by atoms with E-state index in [0.29, 0.717) is 23.0 Å². The zero-order valence-electron chi connectivity index (χ0n) is 13.6. The number of hydrogen-bond donors (Lipinski definition) is 0. The fraction of sp³-hybridized carbons (Fsp3) is 0.812. The molecule has 3 nitrogen and oxygen atoms in total. The standard InChI is InChI=1S/C16H28O3Si/c1-10(2)20(11(3)4,12(5)6)19-16-14(17)9-13-7-8-15(16)18-13/h7-8,10-13,15-16H,9H2,1-6H3/t13-,15+,16+/m1/s1. The lowest BCUT2D eigenvalue weighted by atomic mass is 10.1. The lowest BCUT2D eigenvalue weighted by Gasteiger charge is -2.45. The van der Waals surface area contributed by atoms with Crippen molar-refractivity contribution in [3.63, 3.8) is 0 Å². The first-order valence-corrected chi connectivity index (χ1v) is 9.97. The van der Waals surface area contributed by atoms with E-state index in [1.165, 1.54) is 0 Å². The van der Waals surface area contributed by atoms with Gasteiger partial charge in [-0.05, 0) is 16.6 Å². The van der Waals surface area contributed by atoms with E-state index in [1.807, 2.05) is 12.2 Å². The van der Waals surface area contributed by atoms with E-state index < -0.39 is 8.32 Å². The molecule has 0 aliphatic carbocycles. The quantitative estimate of drug-likeness (QED) is 0.571. The monoisotopic (exact) mass is 296 g/mol. The Morgan fingerprint density at radius 2 is 1.65 bits per heavy atom. The predicted octanol–water partition coefficient (Wildman–Crippen LogP) is 3.84. The molecule has 0 aromatic rings. The Morgan fingerprint density at radius 1 is 1.10 bits per heavy atom. The summed E-state index contributed by atoms with van der Waals surface area (Å²) in [5.74, 6) is 0.218. The Morgan fingerprint density at radius 3 is 2.15 bits per heavy atom. The van der Waals surface area contributed by atoms with Gasteiger partial charge in [0.1, 0.15) is 12.2 Å². The molecule has 1 saturated heterocycles. The lowest BCUT2D eigenvalue weighted by Crippen LogP contribution is -2.55. The normalized spacial score (nSPS) is 30.1. The molecule has 2 bridgehead atoms. The van der Waals surface area contributed by atoms with Gasteiger partial charge in [-0.2, -0.15) is 0 Å². The first kappa shape index (κ1) is 15.9. The third-order valence-electron chi connectivity index (χ3n) is 4.90. The maximum Gasteiger partial charge on any atom is 0.201 e. The molecule has 2 rings (SSSR count). The Labute approximate surface area is 123 Å². The van der Waals surface area contributed by atoms with Crippen molar-refractivity contribution in [1.82, 2.24) is 0 Å². The number of hydrogen-bond acceptors (Lipinski definition) is 3. The molecule has 0 saturated carbocycles. The topological polar surface area (TPSA) is 35.5 Å². The summed E-state index contributed by atoms with van der Waals surface area (Å²) in [6.45, 7) is 13.5. The number of carbonyl (C=O) groups excluding carboxylic acids is 1. The second-order valence-electron chi connectivity index (χ2n) is 7.05. The van der Waals surface area contributed by atoms with Crippen LogP contribution in [0.2, 0.25) is 16.6 Å². The third-order valence-corrected chi connectivity index (χ3v) is 11.0. The van der Waals surface area contributed by atoms with Crippen molar-refractivity contribution < 1.29 is 14.0 Å². The Kier molecular flexibility index (Phi) is 4.57. The minimum Gasteiger partial charge on any atom is -0.403 e. The minimum atomic E-state index is -2.03. The molecule has 1 fully saturated rings. The molecule has 2 aliphatic heterocycles. The highest BCUT2D eigenvalue weighted by atomic mass is 28.4. The number of rotatable bonds is 5. The second kappa shape index (κ2) is 5.74. The van der Waals surface area contributed by atoms with Gasteiger partial charge in [0.05, 0.1) is 6.10 Å². The summed E-state index contributed by atoms with van der Waals surface area (Å²) >= 11 is 0. The number of fused-ring (bicyclic) bond motifs is 2. The Balaban J connectivity index is 2.27. The molecule has 0 amide bonds. The van der Waals surface area contributed by atoms with Gasteiger partial charge < -0.3 is 9.16 Å². The van der Waals surface area contributed by atoms with Crippen LogP contribution in [0.3, 0.4) is 0 Å². The van der Waals surface area contributed by atoms with Crippen molar-refractivity contribution in [2.24, 2.45) is 0 Å². The molecule has 0 aromatic heterocycles. The lowest BCUT2D eigenvalue weighted by molar-refractivity contribution is -0.143. The van der Waals surface area contributed by atoms with Gasteiger partial charge in [-0.3, -0.25) is 4.79 Å². The van der Waals surface area contributed by atoms with Gasteiger partial charge in [-0.15, -0.1) is 0 Å². The minimum absolute atomic E-state index is 0.0134. The van der Waals surface area contributed by atoms with Crippen LogP contribution in [0.5, 0.6) is 0 Å². The average Bonchev–Trinajstić information content (AvgIpc) is 2.71. The van der Waals surface area contributed by atoms with E-state index in [1.54, 1.807) is 0 Å². The fourth-order valence-corrected chi connectivity index (χ4v) is 9.59. The van der Waals surface area contributed by atoms with Crippen LogP contribution in [0.25, 0.3) is 0 Å². The first-order chi connectivity index (χ1) is 9.29. The zero-order valence-corrected chi connectivity index (χ0v) is 14.6. The maximum atomic E-state index is 12.4. The highest BCUT2D eigenvalue weighted by Crippen LogP contribution is 2.44. The largest absolute Gasteiger partial charge is 0.403 e. The molecule has 20 heavy (non-hydrogen) atoms. The zero-order chi connectivity index (χ0) is 15.1. The van der Waals surface area contributed by atoms with Crippen LogP contribution in [0.1, 0.15) is 48.0 Å². The van der Waals surface area contributed by atoms with E-state index in [-0.39, 0.29) is 24.1 Å². The fourth-order valence-electron chi connectivity index (χ4n) is 4.07. The molecule has 0 radical (unpaired) electrons. The molecule has 4 heteroatoms. The molecular formula is C16H28O3Si. The van der Waals surface area contributed by atoms with Crippen molar-refractivity contribution >= 4 is 14.1 Å². The second-order valence-corrected chi connectivity index (χ2v) is 12.5. The average molecular weight is 296 g/mol. The molecule has 114 valence electrons. The van der Waals surface area contributed by atoms with Gasteiger partial charge in [0, 0.05) is 6.42 Å². The molecule has 2 heterocycles. The molecule has 3 atom stereocenters. The Hall–Kier alpha value is -0.453. The van der Waals surface area contributed by atoms with E-state index in [0.717, 1.165) is 0 Å². The van der Waals surface area contributed by atoms with Crippen LogP contribution in [0.15, 0.2) is 12.2 Å². The van der Waals surface area contributed by atoms with Gasteiger partial charge >= 0.3 is 0 Å². The smallest absolute Gasteiger partial charge is 0.201 e. The molecule has 2 aliphatic rings. The van der Waals surface area contributed by atoms with Gasteiger partial charge in [0.25, 0.3) is 0 Å². The van der Waals surface area contributed by atoms with Crippen molar-refractivity contribution in [1.29, 1.82) is 0 Å². The summed E-state index contributed by atoms with van der Waals surface area (Å²) in [6.07, 6.45) is 3.93. The van der Waals surface area contributed by atoms with Crippen molar-refractivity contribution in [2.75, 3.05) is 0 Å². The first-order valence-electron chi connectivity index (χ1n) is 7.83. The van der Waals surface area contributed by atoms with E-state index in [2.05, 4.69) is 41.5 Å². The summed E-state index contributed by atoms with van der Waals surface area (Å²) < 4.78 is 12.4. The summed E-state index contributed by atoms with van der Waals surface area (Å²) in [5, 5.41) is 0. The SMILES string of the molecule is CC(C)[Si](O[C@H]1C(=O)C[C@H]2C=C[C@@H]1O2)(C(C)C)C(C)C. The Bertz CT molecular complexity index is 379. The highest BCUT2D eigenvalue weighted by Gasteiger charge is 2.50. The summed E-state index contributed by atoms with van der Waals surface area (Å²) in [4.78, 5) is 12.4. The maximum absolute atomic E-state index is 12.4. The number of ether oxygens (including phenoxy) is 1. The van der Waals surface area contributed by atoms with Crippen LogP contribution < -0.4 is 0 Å². The van der Waals surface area contributed by atoms with Crippen molar-refractivity contribution in [2.45, 2.75) is 82.9 Å². The van der Waals surface area contributed by atoms with E-state index in [9.17, 15) is 4.79 Å². The highest BCUT2D eigenvalue weighted by molar-refractivity contribution is 6.77. The van der Waals surface area contributed by atoms with Crippen LogP contribution >= 0.6 is 0 Å². The molecule has 0 aromatic carbocycles. The third kappa shape index (κ3) is 2.53. The van der Waals surface area contributed by atoms with Gasteiger partial charge in [-0.1, -0.05) is 53.7 Å². The molecule has 0 N–H and O–H groups in total. The number of Topliss-reactive ketones (excluding diaryl/α,β-unsaturated/α-hetero) is 1. The summed E-state index contributed by atoms with van der Waals surface area (Å²) in [6, 6.07) is 0. The van der Waals surface area contributed by atoms with Crippen LogP contribution in [-0.4, -0.2) is 32.4 Å². The number of carbonyl (C=O) groups is 1. The van der Waals surface area contributed by atoms with Crippen LogP contribution in [-0.2, 0) is 14.0 Å². The van der Waals surface area contributed by atoms with Crippen LogP contribution in [0, 0.1) is 0 Å². The van der Waals surface area contributed by atoms with Crippen molar-refractivity contribution in [3.8, 4) is 0 Å². The van der Waals surface area contributed by atoms with E-state index >= 15 is 0 Å². The van der Waals surface area contributed by atoms with Gasteiger partial charge in [-0.25, -0.2) is 0 Å². The summed E-state index contributed by atoms with van der Waals surface area (Å²) in [5.41, 5.74) is 1.45. The van der Waals surface area contributed by atoms with E-state index in [4.69, 9.17) is 9.16 Å². The van der Waals surface area contributed by atoms with Gasteiger partial charge in [0.15, 0.2) is 5.78 Å². The summed E-state index contributed by atoms with van der Waals surface area (Å²) in [7, 11) is -2.03. The van der Waals surface area contributed by atoms with Gasteiger partial charge in [0.2, 0.25) is 8.32 Å². The molecular weight excluding hydrogens is 268 g/mol. The number of ketones is 1.